The van der Waals surface area contributed by atoms with E-state index in [1.165, 1.54) is 0 Å². The molecular formula is C21H24N4O2. The average molecular weight is 364 g/mol. The van der Waals surface area contributed by atoms with E-state index in [2.05, 4.69) is 4.98 Å². The van der Waals surface area contributed by atoms with Gasteiger partial charge >= 0.3 is 0 Å². The normalized spacial score (nSPS) is 15.4. The molecule has 0 radical (unpaired) electrons. The van der Waals surface area contributed by atoms with Gasteiger partial charge < -0.3 is 13.9 Å². The Labute approximate surface area is 158 Å². The Morgan fingerprint density at radius 3 is 2.74 bits per heavy atom. The van der Waals surface area contributed by atoms with Gasteiger partial charge in [-0.25, -0.2) is 4.98 Å². The molecule has 3 aromatic rings. The zero-order chi connectivity index (χ0) is 19.0. The van der Waals surface area contributed by atoms with Crippen LogP contribution in [-0.2, 0) is 18.3 Å². The second-order valence-corrected chi connectivity index (χ2v) is 7.38. The molecule has 0 spiro atoms. The molecule has 0 saturated carbocycles. The number of imidazole rings is 1. The highest BCUT2D eigenvalue weighted by Gasteiger charge is 2.24. The molecule has 0 aliphatic carbocycles. The van der Waals surface area contributed by atoms with E-state index in [9.17, 15) is 9.59 Å². The lowest BCUT2D eigenvalue weighted by atomic mass is 9.90. The highest BCUT2D eigenvalue weighted by molar-refractivity contribution is 5.78. The van der Waals surface area contributed by atoms with E-state index >= 15 is 0 Å². The standard InChI is InChI=1S/C21H24N4O2/c1-15-4-3-8-25-18(14-22-21(15)25)13-20(27)24-10-6-16(7-11-24)17-5-9-23(2)19(26)12-17/h3-5,8-9,12,14,16H,6-7,10-11,13H2,1-2H3. The van der Waals surface area contributed by atoms with E-state index in [0.29, 0.717) is 12.3 Å². The maximum Gasteiger partial charge on any atom is 0.250 e. The number of rotatable bonds is 3. The highest BCUT2D eigenvalue weighted by Crippen LogP contribution is 2.27. The van der Waals surface area contributed by atoms with Gasteiger partial charge in [0.2, 0.25) is 5.91 Å². The molecule has 1 aliphatic heterocycles. The van der Waals surface area contributed by atoms with Crippen molar-refractivity contribution in [3.05, 3.63) is 70.0 Å². The van der Waals surface area contributed by atoms with Gasteiger partial charge in [0.05, 0.1) is 12.1 Å². The van der Waals surface area contributed by atoms with E-state index in [1.54, 1.807) is 23.9 Å². The van der Waals surface area contributed by atoms with Crippen LogP contribution < -0.4 is 5.56 Å². The summed E-state index contributed by atoms with van der Waals surface area (Å²) in [4.78, 5) is 31.0. The number of pyridine rings is 2. The van der Waals surface area contributed by atoms with Crippen LogP contribution in [0, 0.1) is 6.92 Å². The highest BCUT2D eigenvalue weighted by atomic mass is 16.2. The van der Waals surface area contributed by atoms with Gasteiger partial charge in [0.25, 0.3) is 5.56 Å². The average Bonchev–Trinajstić information content (AvgIpc) is 3.08. The van der Waals surface area contributed by atoms with Crippen LogP contribution >= 0.6 is 0 Å². The van der Waals surface area contributed by atoms with Crippen molar-refractivity contribution in [3.8, 4) is 0 Å². The van der Waals surface area contributed by atoms with Crippen LogP contribution in [0.3, 0.4) is 0 Å². The van der Waals surface area contributed by atoms with Crippen molar-refractivity contribution in [1.82, 2.24) is 18.9 Å². The number of aryl methyl sites for hydroxylation is 2. The SMILES string of the molecule is Cc1cccn2c(CC(=O)N3CCC(c4ccn(C)c(=O)c4)CC3)cnc12. The van der Waals surface area contributed by atoms with Crippen molar-refractivity contribution in [3.63, 3.8) is 0 Å². The lowest BCUT2D eigenvalue weighted by Gasteiger charge is -2.32. The molecule has 1 amide bonds. The third-order valence-corrected chi connectivity index (χ3v) is 5.59. The fraction of sp³-hybridized carbons (Fsp3) is 0.381. The van der Waals surface area contributed by atoms with Crippen LogP contribution in [0.4, 0.5) is 0 Å². The summed E-state index contributed by atoms with van der Waals surface area (Å²) in [5.41, 5.74) is 4.04. The third-order valence-electron chi connectivity index (χ3n) is 5.59. The third kappa shape index (κ3) is 3.39. The zero-order valence-electron chi connectivity index (χ0n) is 15.8. The van der Waals surface area contributed by atoms with Crippen molar-refractivity contribution >= 4 is 11.6 Å². The topological polar surface area (TPSA) is 59.6 Å². The van der Waals surface area contributed by atoms with Crippen LogP contribution in [0.15, 0.2) is 47.7 Å². The van der Waals surface area contributed by atoms with Crippen molar-refractivity contribution < 1.29 is 4.79 Å². The Morgan fingerprint density at radius 2 is 2.00 bits per heavy atom. The summed E-state index contributed by atoms with van der Waals surface area (Å²) < 4.78 is 3.58. The van der Waals surface area contributed by atoms with Crippen molar-refractivity contribution in [1.29, 1.82) is 0 Å². The summed E-state index contributed by atoms with van der Waals surface area (Å²) in [6, 6.07) is 7.75. The monoisotopic (exact) mass is 364 g/mol. The number of amides is 1. The Balaban J connectivity index is 1.41. The molecule has 6 heteroatoms. The Hall–Kier alpha value is -2.89. The first-order valence-corrected chi connectivity index (χ1v) is 9.39. The summed E-state index contributed by atoms with van der Waals surface area (Å²) in [7, 11) is 1.76. The van der Waals surface area contributed by atoms with Gasteiger partial charge in [-0.1, -0.05) is 6.07 Å². The molecule has 1 fully saturated rings. The molecule has 27 heavy (non-hydrogen) atoms. The number of fused-ring (bicyclic) bond motifs is 1. The molecule has 0 N–H and O–H groups in total. The maximum atomic E-state index is 12.8. The molecule has 0 atom stereocenters. The van der Waals surface area contributed by atoms with Crippen molar-refractivity contribution in [2.24, 2.45) is 7.05 Å². The summed E-state index contributed by atoms with van der Waals surface area (Å²) in [6.45, 7) is 3.48. The number of aromatic nitrogens is 3. The van der Waals surface area contributed by atoms with Crippen molar-refractivity contribution in [2.45, 2.75) is 32.1 Å². The number of hydrogen-bond donors (Lipinski definition) is 0. The van der Waals surface area contributed by atoms with Crippen LogP contribution in [0.25, 0.3) is 5.65 Å². The molecule has 6 nitrogen and oxygen atoms in total. The van der Waals surface area contributed by atoms with Gasteiger partial charge in [0.15, 0.2) is 0 Å². The minimum atomic E-state index is 0.0221. The number of carbonyl (C=O) groups excluding carboxylic acids is 1. The van der Waals surface area contributed by atoms with Gasteiger partial charge in [-0.3, -0.25) is 9.59 Å². The van der Waals surface area contributed by atoms with Gasteiger partial charge in [0, 0.05) is 44.8 Å². The molecule has 4 heterocycles. The summed E-state index contributed by atoms with van der Waals surface area (Å²) in [5.74, 6) is 0.488. The number of likely N-dealkylation sites (tertiary alicyclic amines) is 1. The summed E-state index contributed by atoms with van der Waals surface area (Å²) in [6.07, 6.45) is 7.73. The lowest BCUT2D eigenvalue weighted by molar-refractivity contribution is -0.131. The molecule has 1 aliphatic rings. The number of piperidine rings is 1. The maximum absolute atomic E-state index is 12.8. The lowest BCUT2D eigenvalue weighted by Crippen LogP contribution is -2.39. The first kappa shape index (κ1) is 17.5. The van der Waals surface area contributed by atoms with Gasteiger partial charge in [-0.15, -0.1) is 0 Å². The van der Waals surface area contributed by atoms with Crippen LogP contribution in [0.5, 0.6) is 0 Å². The Kier molecular flexibility index (Phi) is 4.56. The zero-order valence-corrected chi connectivity index (χ0v) is 15.8. The first-order valence-electron chi connectivity index (χ1n) is 9.39. The molecule has 1 saturated heterocycles. The molecule has 140 valence electrons. The molecular weight excluding hydrogens is 340 g/mol. The van der Waals surface area contributed by atoms with Crippen LogP contribution in [0.2, 0.25) is 0 Å². The van der Waals surface area contributed by atoms with E-state index in [4.69, 9.17) is 0 Å². The Bertz CT molecular complexity index is 1040. The minimum Gasteiger partial charge on any atom is -0.342 e. The predicted octanol–water partition coefficient (Wildman–Crippen LogP) is 2.29. The van der Waals surface area contributed by atoms with Crippen LogP contribution in [-0.4, -0.2) is 37.8 Å². The molecule has 0 bridgehead atoms. The van der Waals surface area contributed by atoms with E-state index in [1.807, 2.05) is 46.8 Å². The van der Waals surface area contributed by atoms with Gasteiger partial charge in [-0.05, 0) is 48.9 Å². The molecule has 4 rings (SSSR count). The number of carbonyl (C=O) groups is 1. The summed E-state index contributed by atoms with van der Waals surface area (Å²) >= 11 is 0. The largest absolute Gasteiger partial charge is 0.342 e. The van der Waals surface area contributed by atoms with E-state index < -0.39 is 0 Å². The quantitative estimate of drug-likeness (QED) is 0.716. The number of nitrogens with zero attached hydrogens (tertiary/aromatic N) is 4. The minimum absolute atomic E-state index is 0.0221. The summed E-state index contributed by atoms with van der Waals surface area (Å²) in [5, 5.41) is 0. The molecule has 3 aromatic heterocycles. The molecule has 0 aromatic carbocycles. The van der Waals surface area contributed by atoms with Crippen molar-refractivity contribution in [2.75, 3.05) is 13.1 Å². The van der Waals surface area contributed by atoms with E-state index in [-0.39, 0.29) is 11.5 Å². The second-order valence-electron chi connectivity index (χ2n) is 7.38. The van der Waals surface area contributed by atoms with Gasteiger partial charge in [-0.2, -0.15) is 0 Å². The first-order chi connectivity index (χ1) is 13.0. The van der Waals surface area contributed by atoms with E-state index in [0.717, 1.165) is 48.4 Å². The van der Waals surface area contributed by atoms with Crippen LogP contribution in [0.1, 0.15) is 35.6 Å². The number of hydrogen-bond acceptors (Lipinski definition) is 3. The fourth-order valence-corrected chi connectivity index (χ4v) is 3.88. The second kappa shape index (κ2) is 7.02. The Morgan fingerprint density at radius 1 is 1.22 bits per heavy atom. The fourth-order valence-electron chi connectivity index (χ4n) is 3.88. The van der Waals surface area contributed by atoms with Gasteiger partial charge in [0.1, 0.15) is 5.65 Å². The smallest absolute Gasteiger partial charge is 0.250 e. The predicted molar refractivity (Wildman–Crippen MR) is 104 cm³/mol. The molecule has 0 unspecified atom stereocenters.